The van der Waals surface area contributed by atoms with Crippen molar-refractivity contribution >= 4 is 11.6 Å². The zero-order chi connectivity index (χ0) is 13.9. The van der Waals surface area contributed by atoms with Gasteiger partial charge in [0.2, 0.25) is 0 Å². The van der Waals surface area contributed by atoms with Gasteiger partial charge in [0.15, 0.2) is 0 Å². The third-order valence-electron chi connectivity index (χ3n) is 3.15. The van der Waals surface area contributed by atoms with Gasteiger partial charge in [-0.2, -0.15) is 5.10 Å². The molecule has 5 heteroatoms. The Bertz CT molecular complexity index is 551. The number of nitrogens with one attached hydrogen (secondary N) is 1. The summed E-state index contributed by atoms with van der Waals surface area (Å²) in [5, 5.41) is 18.4. The molecule has 1 aromatic carbocycles. The van der Waals surface area contributed by atoms with Crippen LogP contribution >= 0.6 is 11.6 Å². The van der Waals surface area contributed by atoms with E-state index in [9.17, 15) is 5.11 Å². The van der Waals surface area contributed by atoms with E-state index in [2.05, 4.69) is 10.4 Å². The minimum atomic E-state index is -1.00. The molecule has 2 aromatic rings. The van der Waals surface area contributed by atoms with E-state index in [1.54, 1.807) is 23.9 Å². The summed E-state index contributed by atoms with van der Waals surface area (Å²) >= 11 is 6.11. The molecule has 4 nitrogen and oxygen atoms in total. The number of aryl methyl sites for hydroxylation is 1. The Morgan fingerprint density at radius 3 is 2.74 bits per heavy atom. The van der Waals surface area contributed by atoms with Gasteiger partial charge in [0.25, 0.3) is 0 Å². The summed E-state index contributed by atoms with van der Waals surface area (Å²) in [6, 6.07) is 9.29. The van der Waals surface area contributed by atoms with Gasteiger partial charge in [-0.05, 0) is 19.1 Å². The molecule has 1 aromatic heterocycles. The van der Waals surface area contributed by atoms with Crippen molar-refractivity contribution in [1.29, 1.82) is 0 Å². The van der Waals surface area contributed by atoms with Crippen LogP contribution in [0, 0.1) is 0 Å². The number of aromatic nitrogens is 2. The summed E-state index contributed by atoms with van der Waals surface area (Å²) in [7, 11) is 1.89. The van der Waals surface area contributed by atoms with Crippen LogP contribution in [0.15, 0.2) is 36.5 Å². The number of halogens is 1. The fourth-order valence-corrected chi connectivity index (χ4v) is 2.34. The lowest BCUT2D eigenvalue weighted by Crippen LogP contribution is -2.35. The second-order valence-corrected chi connectivity index (χ2v) is 5.21. The molecular formula is C14H18ClN3O. The number of nitrogens with zero attached hydrogens (tertiary/aromatic N) is 2. The lowest BCUT2D eigenvalue weighted by Gasteiger charge is -2.25. The molecule has 0 aliphatic carbocycles. The third-order valence-corrected chi connectivity index (χ3v) is 3.48. The van der Waals surface area contributed by atoms with E-state index < -0.39 is 5.60 Å². The van der Waals surface area contributed by atoms with Gasteiger partial charge in [-0.3, -0.25) is 4.68 Å². The highest BCUT2D eigenvalue weighted by molar-refractivity contribution is 6.31. The smallest absolute Gasteiger partial charge is 0.101 e. The number of benzene rings is 1. The predicted octanol–water partition coefficient (Wildman–Crippen LogP) is 2.07. The number of hydrogen-bond acceptors (Lipinski definition) is 3. The first-order chi connectivity index (χ1) is 9.00. The van der Waals surface area contributed by atoms with Crippen molar-refractivity contribution in [1.82, 2.24) is 15.1 Å². The van der Waals surface area contributed by atoms with Gasteiger partial charge in [0.05, 0.1) is 5.69 Å². The van der Waals surface area contributed by atoms with Crippen molar-refractivity contribution < 1.29 is 5.11 Å². The van der Waals surface area contributed by atoms with Crippen LogP contribution in [0.1, 0.15) is 18.2 Å². The van der Waals surface area contributed by atoms with Crippen molar-refractivity contribution in [3.63, 3.8) is 0 Å². The Morgan fingerprint density at radius 1 is 1.37 bits per heavy atom. The lowest BCUT2D eigenvalue weighted by molar-refractivity contribution is 0.0566. The van der Waals surface area contributed by atoms with Gasteiger partial charge in [0, 0.05) is 36.9 Å². The molecule has 0 saturated heterocycles. The van der Waals surface area contributed by atoms with Crippen LogP contribution < -0.4 is 5.32 Å². The molecule has 0 aliphatic heterocycles. The molecule has 0 bridgehead atoms. The Kier molecular flexibility index (Phi) is 4.24. The molecule has 2 rings (SSSR count). The number of hydrogen-bond donors (Lipinski definition) is 2. The zero-order valence-corrected chi connectivity index (χ0v) is 11.9. The summed E-state index contributed by atoms with van der Waals surface area (Å²) < 4.78 is 1.80. The number of aliphatic hydroxyl groups is 1. The van der Waals surface area contributed by atoms with Gasteiger partial charge in [0.1, 0.15) is 5.60 Å². The van der Waals surface area contributed by atoms with Crippen LogP contribution in [0.25, 0.3) is 0 Å². The molecule has 0 spiro atoms. The Morgan fingerprint density at radius 2 is 2.11 bits per heavy atom. The van der Waals surface area contributed by atoms with E-state index in [-0.39, 0.29) is 0 Å². The van der Waals surface area contributed by atoms with Crippen LogP contribution in [0.5, 0.6) is 0 Å². The van der Waals surface area contributed by atoms with Gasteiger partial charge in [-0.1, -0.05) is 29.8 Å². The summed E-state index contributed by atoms with van der Waals surface area (Å²) in [6.45, 7) is 2.82. The Labute approximate surface area is 118 Å². The van der Waals surface area contributed by atoms with E-state index in [4.69, 9.17) is 11.6 Å². The number of rotatable bonds is 5. The molecule has 1 atom stereocenters. The molecule has 0 unspecified atom stereocenters. The SMILES string of the molecule is Cn1nccc1CNC[C@@](C)(O)c1ccccc1Cl. The maximum absolute atomic E-state index is 10.5. The van der Waals surface area contributed by atoms with Crippen LogP contribution in [-0.4, -0.2) is 21.4 Å². The molecule has 0 radical (unpaired) electrons. The van der Waals surface area contributed by atoms with Crippen molar-refractivity contribution in [2.45, 2.75) is 19.1 Å². The highest BCUT2D eigenvalue weighted by atomic mass is 35.5. The van der Waals surface area contributed by atoms with Crippen molar-refractivity contribution in [3.05, 3.63) is 52.8 Å². The largest absolute Gasteiger partial charge is 0.384 e. The summed E-state index contributed by atoms with van der Waals surface area (Å²) in [4.78, 5) is 0. The molecule has 1 heterocycles. The van der Waals surface area contributed by atoms with Crippen molar-refractivity contribution in [3.8, 4) is 0 Å². The minimum absolute atomic E-state index is 0.419. The first-order valence-corrected chi connectivity index (χ1v) is 6.53. The molecule has 19 heavy (non-hydrogen) atoms. The van der Waals surface area contributed by atoms with Crippen LogP contribution in [0.3, 0.4) is 0 Å². The summed E-state index contributed by atoms with van der Waals surface area (Å²) in [5.41, 5.74) is 0.792. The van der Waals surface area contributed by atoms with E-state index >= 15 is 0 Å². The van der Waals surface area contributed by atoms with Crippen LogP contribution in [0.2, 0.25) is 5.02 Å². The van der Waals surface area contributed by atoms with Gasteiger partial charge < -0.3 is 10.4 Å². The molecule has 2 N–H and O–H groups in total. The minimum Gasteiger partial charge on any atom is -0.384 e. The average Bonchev–Trinajstić information content (AvgIpc) is 2.75. The van der Waals surface area contributed by atoms with Crippen molar-refractivity contribution in [2.75, 3.05) is 6.54 Å². The zero-order valence-electron chi connectivity index (χ0n) is 11.1. The fraction of sp³-hybridized carbons (Fsp3) is 0.357. The quantitative estimate of drug-likeness (QED) is 0.881. The van der Waals surface area contributed by atoms with E-state index in [1.807, 2.05) is 31.3 Å². The van der Waals surface area contributed by atoms with Crippen LogP contribution in [-0.2, 0) is 19.2 Å². The maximum atomic E-state index is 10.5. The summed E-state index contributed by atoms with van der Waals surface area (Å²) in [5.74, 6) is 0. The highest BCUT2D eigenvalue weighted by Gasteiger charge is 2.24. The average molecular weight is 280 g/mol. The van der Waals surface area contributed by atoms with Gasteiger partial charge in [-0.25, -0.2) is 0 Å². The molecule has 0 fully saturated rings. The second kappa shape index (κ2) is 5.74. The summed E-state index contributed by atoms with van der Waals surface area (Å²) in [6.07, 6.45) is 1.75. The van der Waals surface area contributed by atoms with E-state index in [0.717, 1.165) is 11.3 Å². The Balaban J connectivity index is 1.98. The topological polar surface area (TPSA) is 50.1 Å². The van der Waals surface area contributed by atoms with Crippen LogP contribution in [0.4, 0.5) is 0 Å². The lowest BCUT2D eigenvalue weighted by atomic mass is 9.96. The van der Waals surface area contributed by atoms with E-state index in [1.165, 1.54) is 0 Å². The monoisotopic (exact) mass is 279 g/mol. The molecule has 0 aliphatic rings. The second-order valence-electron chi connectivity index (χ2n) is 4.80. The third kappa shape index (κ3) is 3.35. The standard InChI is InChI=1S/C14H18ClN3O/c1-14(19,12-5-3-4-6-13(12)15)10-16-9-11-7-8-17-18(11)2/h3-8,16,19H,9-10H2,1-2H3/t14-/m1/s1. The Hall–Kier alpha value is -1.36. The fourth-order valence-electron chi connectivity index (χ4n) is 2.00. The maximum Gasteiger partial charge on any atom is 0.101 e. The van der Waals surface area contributed by atoms with E-state index in [0.29, 0.717) is 18.1 Å². The normalized spacial score (nSPS) is 14.3. The molecule has 0 saturated carbocycles. The highest BCUT2D eigenvalue weighted by Crippen LogP contribution is 2.27. The predicted molar refractivity (Wildman–Crippen MR) is 75.9 cm³/mol. The molecule has 102 valence electrons. The van der Waals surface area contributed by atoms with Crippen molar-refractivity contribution in [2.24, 2.45) is 7.05 Å². The van der Waals surface area contributed by atoms with Gasteiger partial charge >= 0.3 is 0 Å². The first kappa shape index (κ1) is 14.1. The first-order valence-electron chi connectivity index (χ1n) is 6.16. The molecule has 0 amide bonds. The molecular weight excluding hydrogens is 262 g/mol. The van der Waals surface area contributed by atoms with Gasteiger partial charge in [-0.15, -0.1) is 0 Å².